The molecule has 0 spiro atoms. The standard InChI is InChI=1S/C10H18N4S2.BrH/c1(7-15-9-11-3-4-12-9)2-8-16-10-13-5-6-14-10;/h1-8H2,(H,11,12)(H,13,14);1H. The van der Waals surface area contributed by atoms with Crippen molar-refractivity contribution in [2.24, 2.45) is 9.98 Å². The number of thioether (sulfide) groups is 2. The Labute approximate surface area is 122 Å². The van der Waals surface area contributed by atoms with Crippen molar-refractivity contribution in [2.45, 2.75) is 12.8 Å². The molecule has 7 heteroatoms. The van der Waals surface area contributed by atoms with Crippen LogP contribution < -0.4 is 10.6 Å². The van der Waals surface area contributed by atoms with Crippen LogP contribution in [-0.4, -0.2) is 48.0 Å². The van der Waals surface area contributed by atoms with Crippen LogP contribution in [0.3, 0.4) is 0 Å². The van der Waals surface area contributed by atoms with Crippen molar-refractivity contribution in [3.05, 3.63) is 0 Å². The highest BCUT2D eigenvalue weighted by molar-refractivity contribution is 8.93. The Kier molecular flexibility index (Phi) is 8.13. The van der Waals surface area contributed by atoms with Crippen molar-refractivity contribution in [3.63, 3.8) is 0 Å². The first-order chi connectivity index (χ1) is 7.95. The van der Waals surface area contributed by atoms with E-state index in [2.05, 4.69) is 20.6 Å². The SMILES string of the molecule is Br.C(CCSC1=NCCN1)CSC1=NCCN1. The number of nitrogens with zero attached hydrogens (tertiary/aromatic N) is 2. The van der Waals surface area contributed by atoms with E-state index in [9.17, 15) is 0 Å². The summed E-state index contributed by atoms with van der Waals surface area (Å²) in [7, 11) is 0. The minimum atomic E-state index is 0. The lowest BCUT2D eigenvalue weighted by atomic mass is 10.4. The molecule has 2 N–H and O–H groups in total. The van der Waals surface area contributed by atoms with Crippen molar-refractivity contribution >= 4 is 50.8 Å². The first-order valence-electron chi connectivity index (χ1n) is 5.77. The number of hydrogen-bond acceptors (Lipinski definition) is 6. The zero-order valence-corrected chi connectivity index (χ0v) is 13.1. The maximum Gasteiger partial charge on any atom is 0.156 e. The second kappa shape index (κ2) is 9.10. The predicted octanol–water partition coefficient (Wildman–Crippen LogP) is 1.73. The fraction of sp³-hybridized carbons (Fsp3) is 0.800. The van der Waals surface area contributed by atoms with Gasteiger partial charge in [-0.3, -0.25) is 9.98 Å². The molecule has 0 fully saturated rings. The van der Waals surface area contributed by atoms with Gasteiger partial charge < -0.3 is 10.6 Å². The second-order valence-corrected chi connectivity index (χ2v) is 5.80. The molecule has 0 amide bonds. The van der Waals surface area contributed by atoms with E-state index in [4.69, 9.17) is 0 Å². The highest BCUT2D eigenvalue weighted by atomic mass is 79.9. The van der Waals surface area contributed by atoms with Gasteiger partial charge in [0.1, 0.15) is 0 Å². The third-order valence-electron chi connectivity index (χ3n) is 2.30. The quantitative estimate of drug-likeness (QED) is 0.749. The Morgan fingerprint density at radius 3 is 1.71 bits per heavy atom. The molecular weight excluding hydrogens is 320 g/mol. The van der Waals surface area contributed by atoms with Crippen LogP contribution in [0.25, 0.3) is 0 Å². The molecule has 2 aliphatic rings. The fourth-order valence-electron chi connectivity index (χ4n) is 1.49. The van der Waals surface area contributed by atoms with Gasteiger partial charge in [0.15, 0.2) is 10.3 Å². The number of hydrogen-bond donors (Lipinski definition) is 2. The number of amidine groups is 2. The molecule has 0 bridgehead atoms. The van der Waals surface area contributed by atoms with Crippen LogP contribution in [0.5, 0.6) is 0 Å². The number of aliphatic imine (C=N–C) groups is 2. The highest BCUT2D eigenvalue weighted by Crippen LogP contribution is 2.12. The van der Waals surface area contributed by atoms with Crippen molar-refractivity contribution < 1.29 is 0 Å². The maximum atomic E-state index is 4.35. The van der Waals surface area contributed by atoms with Crippen LogP contribution in [0.1, 0.15) is 12.8 Å². The summed E-state index contributed by atoms with van der Waals surface area (Å²) in [6, 6.07) is 0. The molecular formula is C10H19BrN4S2. The summed E-state index contributed by atoms with van der Waals surface area (Å²) in [6.45, 7) is 3.93. The molecule has 0 radical (unpaired) electrons. The minimum absolute atomic E-state index is 0. The molecule has 0 aliphatic carbocycles. The largest absolute Gasteiger partial charge is 0.363 e. The normalized spacial score (nSPS) is 17.9. The number of halogens is 1. The third kappa shape index (κ3) is 6.01. The molecule has 17 heavy (non-hydrogen) atoms. The van der Waals surface area contributed by atoms with Gasteiger partial charge in [-0.1, -0.05) is 23.5 Å². The highest BCUT2D eigenvalue weighted by Gasteiger charge is 2.06. The van der Waals surface area contributed by atoms with Gasteiger partial charge in [-0.25, -0.2) is 0 Å². The lowest BCUT2D eigenvalue weighted by Gasteiger charge is -2.03. The molecule has 0 aromatic heterocycles. The first kappa shape index (κ1) is 15.2. The van der Waals surface area contributed by atoms with Gasteiger partial charge in [0.2, 0.25) is 0 Å². The molecule has 0 saturated heterocycles. The molecule has 98 valence electrons. The summed E-state index contributed by atoms with van der Waals surface area (Å²) in [5, 5.41) is 8.81. The molecule has 0 atom stereocenters. The lowest BCUT2D eigenvalue weighted by Crippen LogP contribution is -2.16. The zero-order valence-electron chi connectivity index (χ0n) is 9.78. The van der Waals surface area contributed by atoms with E-state index in [-0.39, 0.29) is 17.0 Å². The van der Waals surface area contributed by atoms with Gasteiger partial charge in [-0.15, -0.1) is 17.0 Å². The summed E-state index contributed by atoms with van der Waals surface area (Å²) >= 11 is 3.70. The zero-order chi connectivity index (χ0) is 11.1. The number of unbranched alkanes of at least 4 members (excludes halogenated alkanes) is 1. The minimum Gasteiger partial charge on any atom is -0.363 e. The van der Waals surface area contributed by atoms with Crippen molar-refractivity contribution in [2.75, 3.05) is 37.7 Å². The second-order valence-electron chi connectivity index (χ2n) is 3.63. The molecule has 0 saturated carbocycles. The topological polar surface area (TPSA) is 48.8 Å². The van der Waals surface area contributed by atoms with Gasteiger partial charge in [0.05, 0.1) is 13.1 Å². The summed E-state index contributed by atoms with van der Waals surface area (Å²) in [6.07, 6.45) is 2.51. The van der Waals surface area contributed by atoms with Gasteiger partial charge in [-0.2, -0.15) is 0 Å². The summed E-state index contributed by atoms with van der Waals surface area (Å²) in [5.41, 5.74) is 0. The van der Waals surface area contributed by atoms with E-state index < -0.39 is 0 Å². The summed E-state index contributed by atoms with van der Waals surface area (Å²) in [4.78, 5) is 8.70. The smallest absolute Gasteiger partial charge is 0.156 e. The molecule has 2 aliphatic heterocycles. The van der Waals surface area contributed by atoms with E-state index in [0.29, 0.717) is 0 Å². The molecule has 0 aromatic carbocycles. The summed E-state index contributed by atoms with van der Waals surface area (Å²) in [5.74, 6) is 2.35. The molecule has 0 unspecified atom stereocenters. The van der Waals surface area contributed by atoms with Gasteiger partial charge >= 0.3 is 0 Å². The third-order valence-corrected chi connectivity index (χ3v) is 4.38. The van der Waals surface area contributed by atoms with E-state index in [1.165, 1.54) is 24.3 Å². The Morgan fingerprint density at radius 1 is 0.882 bits per heavy atom. The Morgan fingerprint density at radius 2 is 1.35 bits per heavy atom. The van der Waals surface area contributed by atoms with E-state index in [1.807, 2.05) is 23.5 Å². The number of rotatable bonds is 5. The van der Waals surface area contributed by atoms with E-state index >= 15 is 0 Å². The Bertz CT molecular complexity index is 255. The van der Waals surface area contributed by atoms with Gasteiger partial charge in [-0.05, 0) is 12.8 Å². The van der Waals surface area contributed by atoms with E-state index in [0.717, 1.165) is 36.5 Å². The van der Waals surface area contributed by atoms with Crippen LogP contribution in [0, 0.1) is 0 Å². The Hall–Kier alpha value is 0.120. The fourth-order valence-corrected chi connectivity index (χ4v) is 3.34. The van der Waals surface area contributed by atoms with Crippen molar-refractivity contribution in [3.8, 4) is 0 Å². The van der Waals surface area contributed by atoms with Crippen LogP contribution in [-0.2, 0) is 0 Å². The van der Waals surface area contributed by atoms with Crippen molar-refractivity contribution in [1.29, 1.82) is 0 Å². The lowest BCUT2D eigenvalue weighted by molar-refractivity contribution is 0.909. The average Bonchev–Trinajstić information content (AvgIpc) is 2.96. The summed E-state index contributed by atoms with van der Waals surface area (Å²) < 4.78 is 0. The van der Waals surface area contributed by atoms with Gasteiger partial charge in [0.25, 0.3) is 0 Å². The number of nitrogens with one attached hydrogen (secondary N) is 2. The van der Waals surface area contributed by atoms with Crippen LogP contribution in [0.4, 0.5) is 0 Å². The first-order valence-corrected chi connectivity index (χ1v) is 7.74. The maximum absolute atomic E-state index is 4.35. The van der Waals surface area contributed by atoms with Crippen LogP contribution >= 0.6 is 40.5 Å². The predicted molar refractivity (Wildman–Crippen MR) is 85.1 cm³/mol. The Balaban J connectivity index is 0.00000144. The van der Waals surface area contributed by atoms with Crippen molar-refractivity contribution in [1.82, 2.24) is 10.6 Å². The molecule has 0 aromatic rings. The molecule has 2 heterocycles. The van der Waals surface area contributed by atoms with Crippen LogP contribution in [0.15, 0.2) is 9.98 Å². The van der Waals surface area contributed by atoms with Gasteiger partial charge in [0, 0.05) is 24.6 Å². The molecule has 4 nitrogen and oxygen atoms in total. The van der Waals surface area contributed by atoms with Crippen LogP contribution in [0.2, 0.25) is 0 Å². The molecule has 2 rings (SSSR count). The van der Waals surface area contributed by atoms with E-state index in [1.54, 1.807) is 0 Å². The monoisotopic (exact) mass is 338 g/mol. The average molecular weight is 339 g/mol.